The number of allylic oxidation sites excluding steroid dienone is 1. The van der Waals surface area contributed by atoms with E-state index in [0.717, 1.165) is 19.3 Å². The van der Waals surface area contributed by atoms with Gasteiger partial charge in [0.15, 0.2) is 12.1 Å². The molecule has 0 aromatic rings. The van der Waals surface area contributed by atoms with Crippen LogP contribution in [0.25, 0.3) is 0 Å². The molecule has 7 nitrogen and oxygen atoms in total. The molecule has 3 heterocycles. The van der Waals surface area contributed by atoms with Crippen LogP contribution in [-0.4, -0.2) is 67.6 Å². The van der Waals surface area contributed by atoms with Crippen molar-refractivity contribution in [3.8, 4) is 0 Å². The van der Waals surface area contributed by atoms with E-state index in [4.69, 9.17) is 14.2 Å². The Morgan fingerprint density at radius 3 is 2.49 bits per heavy atom. The van der Waals surface area contributed by atoms with E-state index in [2.05, 4.69) is 13.8 Å². The molecule has 0 amide bonds. The van der Waals surface area contributed by atoms with Crippen molar-refractivity contribution in [1.29, 1.82) is 0 Å². The number of ketones is 1. The summed E-state index contributed by atoms with van der Waals surface area (Å²) in [5, 5.41) is 35.8. The molecule has 14 atom stereocenters. The quantitative estimate of drug-likeness (QED) is 0.488. The molecule has 14 unspecified atom stereocenters. The van der Waals surface area contributed by atoms with E-state index in [0.29, 0.717) is 25.7 Å². The molecule has 3 aliphatic heterocycles. The Balaban J connectivity index is 1.15. The molecular formula is C28H38O7. The summed E-state index contributed by atoms with van der Waals surface area (Å²) in [4.78, 5) is 13.4. The SMILES string of the molecule is CC12CC(C3CC4CC3(O)C3(C)CCC5C(CCC67OC6C=CC(=O)C57C)C43O)OC(O)C1(C)O2. The van der Waals surface area contributed by atoms with Gasteiger partial charge in [-0.15, -0.1) is 0 Å². The van der Waals surface area contributed by atoms with Crippen LogP contribution in [0.1, 0.15) is 72.6 Å². The van der Waals surface area contributed by atoms with Crippen molar-refractivity contribution in [2.24, 2.45) is 34.5 Å². The zero-order valence-electron chi connectivity index (χ0n) is 21.1. The van der Waals surface area contributed by atoms with Crippen LogP contribution in [0.5, 0.6) is 0 Å². The standard InChI is InChI=1S/C28H38O7/c1-22-9-7-15-16(8-10-27-20(34-27)6-5-19(29)24(15,27)3)28(22,32)14-11-17(26(22,31)12-14)18-13-23(2)25(4,35-23)21(30)33-18/h5-6,14-18,20-21,30-32H,7-13H2,1-4H3. The minimum absolute atomic E-state index is 0.0225. The summed E-state index contributed by atoms with van der Waals surface area (Å²) in [7, 11) is 0. The molecule has 0 radical (unpaired) electrons. The average molecular weight is 487 g/mol. The summed E-state index contributed by atoms with van der Waals surface area (Å²) < 4.78 is 18.2. The van der Waals surface area contributed by atoms with E-state index >= 15 is 0 Å². The van der Waals surface area contributed by atoms with Crippen molar-refractivity contribution in [2.45, 2.75) is 119 Å². The average Bonchev–Trinajstić information content (AvgIpc) is 3.58. The summed E-state index contributed by atoms with van der Waals surface area (Å²) in [6.45, 7) is 8.07. The number of carbonyl (C=O) groups is 1. The molecule has 192 valence electrons. The van der Waals surface area contributed by atoms with E-state index in [1.165, 1.54) is 0 Å². The van der Waals surface area contributed by atoms with Gasteiger partial charge in [-0.05, 0) is 89.2 Å². The lowest BCUT2D eigenvalue weighted by atomic mass is 9.40. The Morgan fingerprint density at radius 1 is 1.00 bits per heavy atom. The van der Waals surface area contributed by atoms with Gasteiger partial charge in [-0.25, -0.2) is 0 Å². The van der Waals surface area contributed by atoms with Crippen LogP contribution in [0.3, 0.4) is 0 Å². The minimum Gasteiger partial charge on any atom is -0.389 e. The zero-order chi connectivity index (χ0) is 24.6. The first-order valence-electron chi connectivity index (χ1n) is 13.7. The highest BCUT2D eigenvalue weighted by Crippen LogP contribution is 2.78. The number of ether oxygens (including phenoxy) is 3. The maximum Gasteiger partial charge on any atom is 0.186 e. The molecule has 7 fully saturated rings. The van der Waals surface area contributed by atoms with E-state index in [9.17, 15) is 20.1 Å². The molecule has 3 saturated heterocycles. The summed E-state index contributed by atoms with van der Waals surface area (Å²) in [5.41, 5.74) is -4.93. The summed E-state index contributed by atoms with van der Waals surface area (Å²) in [6, 6.07) is 0. The van der Waals surface area contributed by atoms with E-state index in [1.54, 1.807) is 6.08 Å². The van der Waals surface area contributed by atoms with E-state index in [-0.39, 0.29) is 41.7 Å². The van der Waals surface area contributed by atoms with Crippen LogP contribution in [0.4, 0.5) is 0 Å². The highest BCUT2D eigenvalue weighted by atomic mass is 16.7. The third kappa shape index (κ3) is 1.99. The topological polar surface area (TPSA) is 112 Å². The third-order valence-electron chi connectivity index (χ3n) is 13.6. The maximum atomic E-state index is 13.4. The van der Waals surface area contributed by atoms with Crippen LogP contribution in [0.15, 0.2) is 12.2 Å². The smallest absolute Gasteiger partial charge is 0.186 e. The lowest BCUT2D eigenvalue weighted by Crippen LogP contribution is -2.72. The third-order valence-corrected chi connectivity index (χ3v) is 13.6. The Morgan fingerprint density at radius 2 is 1.74 bits per heavy atom. The van der Waals surface area contributed by atoms with Crippen molar-refractivity contribution >= 4 is 5.78 Å². The van der Waals surface area contributed by atoms with Gasteiger partial charge in [0.2, 0.25) is 0 Å². The molecule has 0 aromatic carbocycles. The summed E-state index contributed by atoms with van der Waals surface area (Å²) in [5.74, 6) is -0.0678. The first-order chi connectivity index (χ1) is 16.3. The number of aliphatic hydroxyl groups is 3. The van der Waals surface area contributed by atoms with Gasteiger partial charge < -0.3 is 29.5 Å². The first-order valence-corrected chi connectivity index (χ1v) is 13.7. The molecule has 5 aliphatic carbocycles. The van der Waals surface area contributed by atoms with E-state index < -0.39 is 45.1 Å². The van der Waals surface area contributed by atoms with Crippen molar-refractivity contribution in [3.05, 3.63) is 12.2 Å². The summed E-state index contributed by atoms with van der Waals surface area (Å²) in [6.07, 6.45) is 7.27. The molecule has 2 bridgehead atoms. The fraction of sp³-hybridized carbons (Fsp3) is 0.893. The number of aliphatic hydroxyl groups excluding tert-OH is 1. The van der Waals surface area contributed by atoms with Crippen LogP contribution < -0.4 is 0 Å². The van der Waals surface area contributed by atoms with Crippen molar-refractivity contribution < 1.29 is 34.3 Å². The number of fused-ring (bicyclic) bond motifs is 9. The second-order valence-corrected chi connectivity index (χ2v) is 14.1. The van der Waals surface area contributed by atoms with Gasteiger partial charge in [-0.2, -0.15) is 0 Å². The number of hydrogen-bond donors (Lipinski definition) is 3. The van der Waals surface area contributed by atoms with Crippen molar-refractivity contribution in [1.82, 2.24) is 0 Å². The van der Waals surface area contributed by atoms with Crippen molar-refractivity contribution in [2.75, 3.05) is 0 Å². The molecule has 4 saturated carbocycles. The van der Waals surface area contributed by atoms with Gasteiger partial charge >= 0.3 is 0 Å². The first kappa shape index (κ1) is 22.2. The van der Waals surface area contributed by atoms with Crippen LogP contribution >= 0.6 is 0 Å². The lowest BCUT2D eigenvalue weighted by Gasteiger charge is -2.66. The fourth-order valence-electron chi connectivity index (χ4n) is 11.2. The maximum absolute atomic E-state index is 13.4. The second kappa shape index (κ2) is 5.76. The Labute approximate surface area is 206 Å². The Kier molecular flexibility index (Phi) is 3.65. The molecule has 3 N–H and O–H groups in total. The lowest BCUT2D eigenvalue weighted by molar-refractivity contribution is -0.287. The Hall–Kier alpha value is -0.830. The fourth-order valence-corrected chi connectivity index (χ4v) is 11.2. The van der Waals surface area contributed by atoms with E-state index in [1.807, 2.05) is 19.9 Å². The molecule has 8 aliphatic rings. The predicted octanol–water partition coefficient (Wildman–Crippen LogP) is 2.25. The minimum atomic E-state index is -1.08. The summed E-state index contributed by atoms with van der Waals surface area (Å²) >= 11 is 0. The largest absolute Gasteiger partial charge is 0.389 e. The highest BCUT2D eigenvalue weighted by molar-refractivity contribution is 5.98. The van der Waals surface area contributed by atoms with Gasteiger partial charge in [-0.1, -0.05) is 6.92 Å². The van der Waals surface area contributed by atoms with Gasteiger partial charge in [0, 0.05) is 17.8 Å². The number of hydrogen-bond acceptors (Lipinski definition) is 7. The zero-order valence-corrected chi connectivity index (χ0v) is 21.1. The number of rotatable bonds is 1. The molecular weight excluding hydrogens is 448 g/mol. The normalized spacial score (nSPS) is 69.5. The second-order valence-electron chi connectivity index (χ2n) is 14.1. The van der Waals surface area contributed by atoms with Crippen LogP contribution in [-0.2, 0) is 19.0 Å². The van der Waals surface area contributed by atoms with Gasteiger partial charge in [0.1, 0.15) is 22.9 Å². The molecule has 7 heteroatoms. The molecule has 35 heavy (non-hydrogen) atoms. The predicted molar refractivity (Wildman–Crippen MR) is 123 cm³/mol. The van der Waals surface area contributed by atoms with Crippen LogP contribution in [0, 0.1) is 34.5 Å². The monoisotopic (exact) mass is 486 g/mol. The van der Waals surface area contributed by atoms with Crippen molar-refractivity contribution in [3.63, 3.8) is 0 Å². The van der Waals surface area contributed by atoms with Gasteiger partial charge in [0.25, 0.3) is 0 Å². The molecule has 0 aromatic heterocycles. The number of epoxide rings is 2. The van der Waals surface area contributed by atoms with Gasteiger partial charge in [0.05, 0.1) is 22.7 Å². The van der Waals surface area contributed by atoms with Crippen LogP contribution in [0.2, 0.25) is 0 Å². The number of carbonyl (C=O) groups excluding carboxylic acids is 1. The molecule has 8 rings (SSSR count). The van der Waals surface area contributed by atoms with Gasteiger partial charge in [-0.3, -0.25) is 4.79 Å². The Bertz CT molecular complexity index is 1090. The molecule has 1 spiro atoms. The highest BCUT2D eigenvalue weighted by Gasteiger charge is 2.84.